The summed E-state index contributed by atoms with van der Waals surface area (Å²) in [6.45, 7) is 0.721. The van der Waals surface area contributed by atoms with E-state index in [1.807, 2.05) is 30.3 Å². The van der Waals surface area contributed by atoms with Crippen molar-refractivity contribution in [3.05, 3.63) is 48.5 Å². The Labute approximate surface area is 146 Å². The van der Waals surface area contributed by atoms with Crippen LogP contribution in [0.3, 0.4) is 0 Å². The number of para-hydroxylation sites is 1. The van der Waals surface area contributed by atoms with Crippen molar-refractivity contribution in [3.8, 4) is 11.6 Å². The van der Waals surface area contributed by atoms with Crippen molar-refractivity contribution in [3.63, 3.8) is 0 Å². The number of urea groups is 1. The number of ether oxygens (including phenoxy) is 1. The summed E-state index contributed by atoms with van der Waals surface area (Å²) in [5, 5.41) is 5.33. The minimum atomic E-state index is -0.498. The van der Waals surface area contributed by atoms with Crippen molar-refractivity contribution in [1.82, 2.24) is 15.2 Å². The van der Waals surface area contributed by atoms with Gasteiger partial charge in [0.1, 0.15) is 17.6 Å². The summed E-state index contributed by atoms with van der Waals surface area (Å²) in [5.74, 6) is 1.31. The number of likely N-dealkylation sites (tertiary alicyclic amines) is 1. The van der Waals surface area contributed by atoms with E-state index in [-0.39, 0.29) is 5.91 Å². The van der Waals surface area contributed by atoms with Crippen LogP contribution >= 0.6 is 0 Å². The predicted molar refractivity (Wildman–Crippen MR) is 93.6 cm³/mol. The van der Waals surface area contributed by atoms with Gasteiger partial charge >= 0.3 is 6.03 Å². The van der Waals surface area contributed by atoms with Gasteiger partial charge in [-0.3, -0.25) is 10.1 Å². The zero-order chi connectivity index (χ0) is 17.6. The number of hydrogen-bond acceptors (Lipinski definition) is 4. The average molecular weight is 340 g/mol. The summed E-state index contributed by atoms with van der Waals surface area (Å²) in [6, 6.07) is 13.4. The molecule has 1 saturated heterocycles. The second-order valence-corrected chi connectivity index (χ2v) is 5.83. The topological polar surface area (TPSA) is 83.6 Å². The number of anilines is 1. The van der Waals surface area contributed by atoms with Crippen LogP contribution in [0.4, 0.5) is 10.6 Å². The van der Waals surface area contributed by atoms with E-state index >= 15 is 0 Å². The molecular weight excluding hydrogens is 320 g/mol. The van der Waals surface area contributed by atoms with Crippen LogP contribution in [0.2, 0.25) is 0 Å². The monoisotopic (exact) mass is 340 g/mol. The molecule has 1 aromatic heterocycles. The van der Waals surface area contributed by atoms with Crippen molar-refractivity contribution >= 4 is 17.8 Å². The molecule has 3 rings (SSSR count). The number of amides is 3. The highest BCUT2D eigenvalue weighted by Crippen LogP contribution is 2.20. The fourth-order valence-corrected chi connectivity index (χ4v) is 2.63. The third kappa shape index (κ3) is 4.47. The number of piperidine rings is 1. The lowest BCUT2D eigenvalue weighted by Gasteiger charge is -2.29. The smallest absolute Gasteiger partial charge is 0.321 e. The van der Waals surface area contributed by atoms with Gasteiger partial charge in [-0.1, -0.05) is 24.3 Å². The Morgan fingerprint density at radius 2 is 2.00 bits per heavy atom. The molecule has 130 valence electrons. The molecule has 0 unspecified atom stereocenters. The maximum absolute atomic E-state index is 12.1. The van der Waals surface area contributed by atoms with E-state index in [4.69, 9.17) is 4.74 Å². The summed E-state index contributed by atoms with van der Waals surface area (Å²) in [7, 11) is 1.74. The van der Waals surface area contributed by atoms with Gasteiger partial charge in [0.05, 0.1) is 0 Å². The lowest BCUT2D eigenvalue weighted by atomic mass is 10.1. The minimum absolute atomic E-state index is 0.0736. The normalized spacial score (nSPS) is 17.1. The van der Waals surface area contributed by atoms with Crippen molar-refractivity contribution in [2.75, 3.05) is 18.9 Å². The first-order chi connectivity index (χ1) is 12.1. The number of nitrogens with zero attached hydrogens (tertiary/aromatic N) is 2. The first-order valence-electron chi connectivity index (χ1n) is 8.14. The molecule has 2 heterocycles. The number of carbonyl (C=O) groups excluding carboxylic acids is 2. The van der Waals surface area contributed by atoms with E-state index in [9.17, 15) is 9.59 Å². The Morgan fingerprint density at radius 1 is 1.20 bits per heavy atom. The summed E-state index contributed by atoms with van der Waals surface area (Å²) in [4.78, 5) is 30.0. The van der Waals surface area contributed by atoms with Crippen LogP contribution in [-0.2, 0) is 4.79 Å². The Kier molecular flexibility index (Phi) is 5.13. The van der Waals surface area contributed by atoms with Crippen LogP contribution in [0.5, 0.6) is 11.6 Å². The van der Waals surface area contributed by atoms with Gasteiger partial charge in [-0.15, -0.1) is 0 Å². The van der Waals surface area contributed by atoms with Crippen molar-refractivity contribution in [2.45, 2.75) is 18.9 Å². The van der Waals surface area contributed by atoms with E-state index in [2.05, 4.69) is 15.6 Å². The van der Waals surface area contributed by atoms with E-state index in [0.29, 0.717) is 23.9 Å². The average Bonchev–Trinajstić information content (AvgIpc) is 2.60. The molecular formula is C18H20N4O3. The minimum Gasteiger partial charge on any atom is -0.439 e. The Morgan fingerprint density at radius 3 is 2.80 bits per heavy atom. The molecule has 2 N–H and O–H groups in total. The number of rotatable bonds is 4. The zero-order valence-corrected chi connectivity index (χ0v) is 13.9. The second-order valence-electron chi connectivity index (χ2n) is 5.83. The number of pyridine rings is 1. The molecule has 7 heteroatoms. The van der Waals surface area contributed by atoms with Crippen LogP contribution in [0.15, 0.2) is 48.5 Å². The van der Waals surface area contributed by atoms with E-state index < -0.39 is 12.1 Å². The van der Waals surface area contributed by atoms with E-state index in [1.165, 1.54) is 0 Å². The highest BCUT2D eigenvalue weighted by molar-refractivity contribution is 5.93. The van der Waals surface area contributed by atoms with Crippen LogP contribution in [0.1, 0.15) is 12.8 Å². The SMILES string of the molecule is CN1CCC[C@H](NC(=O)Nc2cccc(Oc3ccccc3)n2)C1=O. The number of benzene rings is 1. The van der Waals surface area contributed by atoms with Crippen molar-refractivity contribution in [2.24, 2.45) is 0 Å². The molecule has 0 bridgehead atoms. The number of carbonyl (C=O) groups is 2. The molecule has 1 fully saturated rings. The molecule has 1 aromatic carbocycles. The molecule has 1 aliphatic rings. The number of hydrogen-bond donors (Lipinski definition) is 2. The van der Waals surface area contributed by atoms with Gasteiger partial charge < -0.3 is 15.0 Å². The third-order valence-electron chi connectivity index (χ3n) is 3.90. The molecule has 25 heavy (non-hydrogen) atoms. The molecule has 0 saturated carbocycles. The number of aromatic nitrogens is 1. The van der Waals surface area contributed by atoms with E-state index in [1.54, 1.807) is 30.1 Å². The fourth-order valence-electron chi connectivity index (χ4n) is 2.63. The highest BCUT2D eigenvalue weighted by Gasteiger charge is 2.27. The molecule has 1 aliphatic heterocycles. The van der Waals surface area contributed by atoms with Gasteiger partial charge in [-0.2, -0.15) is 4.98 Å². The molecule has 7 nitrogen and oxygen atoms in total. The zero-order valence-electron chi connectivity index (χ0n) is 13.9. The van der Waals surface area contributed by atoms with Crippen molar-refractivity contribution in [1.29, 1.82) is 0 Å². The lowest BCUT2D eigenvalue weighted by Crippen LogP contribution is -2.51. The molecule has 2 aromatic rings. The van der Waals surface area contributed by atoms with Crippen molar-refractivity contribution < 1.29 is 14.3 Å². The Bertz CT molecular complexity index is 751. The molecule has 0 spiro atoms. The first-order valence-corrected chi connectivity index (χ1v) is 8.14. The molecule has 3 amide bonds. The Balaban J connectivity index is 1.60. The van der Waals surface area contributed by atoms with Gasteiger partial charge in [0.15, 0.2) is 0 Å². The summed E-state index contributed by atoms with van der Waals surface area (Å²) < 4.78 is 5.64. The molecule has 0 aliphatic carbocycles. The van der Waals surface area contributed by atoms with Crippen LogP contribution in [0, 0.1) is 0 Å². The molecule has 0 radical (unpaired) electrons. The highest BCUT2D eigenvalue weighted by atomic mass is 16.5. The predicted octanol–water partition coefficient (Wildman–Crippen LogP) is 2.62. The van der Waals surface area contributed by atoms with Gasteiger partial charge in [0, 0.05) is 19.7 Å². The maximum Gasteiger partial charge on any atom is 0.321 e. The number of nitrogens with one attached hydrogen (secondary N) is 2. The maximum atomic E-state index is 12.1. The quantitative estimate of drug-likeness (QED) is 0.896. The van der Waals surface area contributed by atoms with Gasteiger partial charge in [-0.05, 0) is 31.0 Å². The summed E-state index contributed by atoms with van der Waals surface area (Å²) in [5.41, 5.74) is 0. The van der Waals surface area contributed by atoms with Crippen LogP contribution in [-0.4, -0.2) is 41.5 Å². The van der Waals surface area contributed by atoms with Gasteiger partial charge in [-0.25, -0.2) is 4.79 Å². The fraction of sp³-hybridized carbons (Fsp3) is 0.278. The number of likely N-dealkylation sites (N-methyl/N-ethyl adjacent to an activating group) is 1. The Hall–Kier alpha value is -3.09. The standard InChI is InChI=1S/C18H20N4O3/c1-22-12-6-9-14(17(22)23)19-18(24)21-15-10-5-11-16(20-15)25-13-7-3-2-4-8-13/h2-5,7-8,10-11,14H,6,9,12H2,1H3,(H2,19,20,21,24)/t14-/m0/s1. The van der Waals surface area contributed by atoms with Gasteiger partial charge in [0.25, 0.3) is 0 Å². The second kappa shape index (κ2) is 7.65. The van der Waals surface area contributed by atoms with E-state index in [0.717, 1.165) is 13.0 Å². The molecule has 1 atom stereocenters. The third-order valence-corrected chi connectivity index (χ3v) is 3.90. The van der Waals surface area contributed by atoms with Gasteiger partial charge in [0.2, 0.25) is 11.8 Å². The summed E-state index contributed by atoms with van der Waals surface area (Å²) >= 11 is 0. The largest absolute Gasteiger partial charge is 0.439 e. The van der Waals surface area contributed by atoms with Crippen LogP contribution < -0.4 is 15.4 Å². The lowest BCUT2D eigenvalue weighted by molar-refractivity contribution is -0.134. The first kappa shape index (κ1) is 16.8. The summed E-state index contributed by atoms with van der Waals surface area (Å²) in [6.07, 6.45) is 1.51. The van der Waals surface area contributed by atoms with Crippen LogP contribution in [0.25, 0.3) is 0 Å².